The molecule has 0 bridgehead atoms. The lowest BCUT2D eigenvalue weighted by atomic mass is 9.60. The van der Waals surface area contributed by atoms with Crippen LogP contribution in [-0.4, -0.2) is 34.5 Å². The van der Waals surface area contributed by atoms with Crippen molar-refractivity contribution in [2.45, 2.75) is 37.8 Å². The number of amides is 2. The topological polar surface area (TPSA) is 118 Å². The molecule has 4 unspecified atom stereocenters. The van der Waals surface area contributed by atoms with Gasteiger partial charge in [-0.3, -0.25) is 4.98 Å². The number of nitrogens with two attached hydrogens (primary N) is 1. The van der Waals surface area contributed by atoms with Crippen molar-refractivity contribution in [1.82, 2.24) is 10.3 Å². The Morgan fingerprint density at radius 3 is 2.68 bits per heavy atom. The van der Waals surface area contributed by atoms with Crippen molar-refractivity contribution in [3.05, 3.63) is 59.9 Å². The zero-order valence-corrected chi connectivity index (χ0v) is 18.7. The van der Waals surface area contributed by atoms with Crippen molar-refractivity contribution in [1.29, 1.82) is 5.26 Å². The number of halogens is 2. The number of rotatable bonds is 4. The number of cyclic esters (lactones) is 1. The number of hydrogen-bond donors (Lipinski definition) is 2. The minimum absolute atomic E-state index is 0.518. The van der Waals surface area contributed by atoms with Crippen LogP contribution >= 0.6 is 0 Å². The molecule has 7 nitrogen and oxygen atoms in total. The van der Waals surface area contributed by atoms with Crippen LogP contribution in [-0.2, 0) is 9.53 Å². The van der Waals surface area contributed by atoms with Crippen LogP contribution in [0.4, 0.5) is 13.6 Å². The first-order valence-electron chi connectivity index (χ1n) is 10.9. The van der Waals surface area contributed by atoms with E-state index in [4.69, 9.17) is 10.5 Å². The number of aromatic nitrogens is 1. The number of esters is 1. The van der Waals surface area contributed by atoms with E-state index in [0.29, 0.717) is 11.3 Å². The first kappa shape index (κ1) is 23.4. The molecule has 34 heavy (non-hydrogen) atoms. The predicted molar refractivity (Wildman–Crippen MR) is 120 cm³/mol. The van der Waals surface area contributed by atoms with Crippen LogP contribution in [0.25, 0.3) is 17.2 Å². The van der Waals surface area contributed by atoms with Gasteiger partial charge in [-0.1, -0.05) is 37.3 Å². The minimum atomic E-state index is -3.24. The molecule has 5 atom stereocenters. The van der Waals surface area contributed by atoms with Gasteiger partial charge in [-0.15, -0.1) is 0 Å². The molecule has 2 heterocycles. The van der Waals surface area contributed by atoms with Crippen molar-refractivity contribution < 1.29 is 23.1 Å². The smallest absolute Gasteiger partial charge is 0.332 e. The van der Waals surface area contributed by atoms with E-state index in [9.17, 15) is 14.9 Å². The number of hydrogen-bond acceptors (Lipinski definition) is 5. The van der Waals surface area contributed by atoms with Crippen LogP contribution in [0.2, 0.25) is 0 Å². The Morgan fingerprint density at radius 1 is 1.29 bits per heavy atom. The number of allylic oxidation sites excluding steroid dienone is 1. The second-order valence-electron chi connectivity index (χ2n) is 8.89. The van der Waals surface area contributed by atoms with Gasteiger partial charge in [0.05, 0.1) is 17.3 Å². The lowest BCUT2D eigenvalue weighted by Gasteiger charge is -2.47. The van der Waals surface area contributed by atoms with Gasteiger partial charge in [-0.25, -0.2) is 18.4 Å². The Balaban J connectivity index is 1.66. The quantitative estimate of drug-likeness (QED) is 0.663. The van der Waals surface area contributed by atoms with Gasteiger partial charge in [0.15, 0.2) is 5.54 Å². The molecule has 0 radical (unpaired) electrons. The maximum absolute atomic E-state index is 15.0. The second kappa shape index (κ2) is 8.52. The minimum Gasteiger partial charge on any atom is -0.460 e. The third-order valence-electron chi connectivity index (χ3n) is 6.89. The number of benzene rings is 1. The molecule has 2 amide bonds. The van der Waals surface area contributed by atoms with E-state index in [1.807, 2.05) is 12.1 Å². The highest BCUT2D eigenvalue weighted by molar-refractivity contribution is 5.89. The summed E-state index contributed by atoms with van der Waals surface area (Å²) in [6.45, 7) is 3.05. The fourth-order valence-corrected chi connectivity index (χ4v) is 5.23. The zero-order chi connectivity index (χ0) is 24.7. The molecule has 1 aliphatic carbocycles. The molecule has 1 aliphatic heterocycles. The van der Waals surface area contributed by atoms with Gasteiger partial charge in [0.2, 0.25) is 0 Å². The Labute approximate surface area is 195 Å². The SMILES string of the molecule is CC1OC(=O)C2(NC(N)=O)CC(F)(F)C(C)[C@H](/C=C/c3ccc(-c4ccccc4C#N)cn3)C12. The van der Waals surface area contributed by atoms with Crippen molar-refractivity contribution in [2.24, 2.45) is 23.5 Å². The van der Waals surface area contributed by atoms with Gasteiger partial charge in [0, 0.05) is 35.6 Å². The number of nitriles is 1. The number of fused-ring (bicyclic) bond motifs is 1. The molecule has 3 N–H and O–H groups in total. The molecule has 0 spiro atoms. The summed E-state index contributed by atoms with van der Waals surface area (Å²) in [5.74, 6) is -6.77. The van der Waals surface area contributed by atoms with Crippen LogP contribution in [0, 0.1) is 29.1 Å². The van der Waals surface area contributed by atoms with E-state index in [2.05, 4.69) is 16.4 Å². The molecular weight excluding hydrogens is 442 g/mol. The van der Waals surface area contributed by atoms with E-state index in [-0.39, 0.29) is 0 Å². The van der Waals surface area contributed by atoms with Crippen LogP contribution in [0.1, 0.15) is 31.5 Å². The Bertz CT molecular complexity index is 1190. The number of urea groups is 1. The molecule has 9 heteroatoms. The summed E-state index contributed by atoms with van der Waals surface area (Å²) in [7, 11) is 0. The summed E-state index contributed by atoms with van der Waals surface area (Å²) in [6, 6.07) is 11.7. The van der Waals surface area contributed by atoms with Crippen molar-refractivity contribution in [2.75, 3.05) is 0 Å². The summed E-state index contributed by atoms with van der Waals surface area (Å²) < 4.78 is 35.4. The standard InChI is InChI=1S/C25H24F2N4O3/c1-14-19(21-15(2)34-22(32)24(21,31-23(29)33)13-25(14,26)27)10-9-18-8-7-17(12-30-18)20-6-4-3-5-16(20)11-28/h3-10,12,14-15,19,21H,13H2,1-2H3,(H3,29,31,33)/b10-9+/t14?,15?,19-,21?,24?/m0/s1. The van der Waals surface area contributed by atoms with Crippen molar-refractivity contribution >= 4 is 18.1 Å². The molecule has 4 rings (SSSR count). The maximum atomic E-state index is 15.0. The number of carbonyl (C=O) groups excluding carboxylic acids is 2. The van der Waals surface area contributed by atoms with Gasteiger partial charge >= 0.3 is 12.0 Å². The van der Waals surface area contributed by atoms with Crippen LogP contribution in [0.3, 0.4) is 0 Å². The molecule has 1 saturated carbocycles. The molecule has 2 aromatic rings. The number of primary amides is 1. The monoisotopic (exact) mass is 466 g/mol. The van der Waals surface area contributed by atoms with E-state index < -0.39 is 53.7 Å². The zero-order valence-electron chi connectivity index (χ0n) is 18.7. The Hall–Kier alpha value is -3.80. The lowest BCUT2D eigenvalue weighted by molar-refractivity contribution is -0.158. The Morgan fingerprint density at radius 2 is 2.03 bits per heavy atom. The molecule has 1 aromatic carbocycles. The highest BCUT2D eigenvalue weighted by atomic mass is 19.3. The molecule has 176 valence electrons. The van der Waals surface area contributed by atoms with E-state index in [1.54, 1.807) is 49.5 Å². The third-order valence-corrected chi connectivity index (χ3v) is 6.89. The first-order valence-corrected chi connectivity index (χ1v) is 10.9. The summed E-state index contributed by atoms with van der Waals surface area (Å²) in [4.78, 5) is 28.7. The summed E-state index contributed by atoms with van der Waals surface area (Å²) in [5, 5.41) is 11.6. The normalized spacial score (nSPS) is 29.8. The second-order valence-corrected chi connectivity index (χ2v) is 8.89. The van der Waals surface area contributed by atoms with Gasteiger partial charge < -0.3 is 15.8 Å². The van der Waals surface area contributed by atoms with Crippen molar-refractivity contribution in [3.8, 4) is 17.2 Å². The molecule has 1 aromatic heterocycles. The van der Waals surface area contributed by atoms with E-state index in [0.717, 1.165) is 11.1 Å². The number of nitrogens with one attached hydrogen (secondary N) is 1. The molecule has 1 saturated heterocycles. The number of nitrogens with zero attached hydrogens (tertiary/aromatic N) is 2. The predicted octanol–water partition coefficient (Wildman–Crippen LogP) is 3.89. The highest BCUT2D eigenvalue weighted by Gasteiger charge is 2.68. The number of alkyl halides is 2. The van der Waals surface area contributed by atoms with Gasteiger partial charge in [-0.2, -0.15) is 5.26 Å². The van der Waals surface area contributed by atoms with Gasteiger partial charge in [0.1, 0.15) is 6.10 Å². The van der Waals surface area contributed by atoms with Gasteiger partial charge in [0.25, 0.3) is 5.92 Å². The van der Waals surface area contributed by atoms with E-state index >= 15 is 8.78 Å². The Kier molecular flexibility index (Phi) is 5.86. The maximum Gasteiger partial charge on any atom is 0.332 e. The third kappa shape index (κ3) is 3.89. The lowest BCUT2D eigenvalue weighted by Crippen LogP contribution is -2.66. The molecular formula is C25H24F2N4O3. The first-order chi connectivity index (χ1) is 16.1. The van der Waals surface area contributed by atoms with Gasteiger partial charge in [-0.05, 0) is 31.1 Å². The average Bonchev–Trinajstić information content (AvgIpc) is 3.02. The average molecular weight is 466 g/mol. The molecule has 2 aliphatic rings. The number of pyridine rings is 1. The summed E-state index contributed by atoms with van der Waals surface area (Å²) in [5.41, 5.74) is 5.88. The van der Waals surface area contributed by atoms with Crippen LogP contribution in [0.5, 0.6) is 0 Å². The fraction of sp³-hybridized carbons (Fsp3) is 0.360. The number of carbonyl (C=O) groups is 2. The fourth-order valence-electron chi connectivity index (χ4n) is 5.23. The van der Waals surface area contributed by atoms with Crippen LogP contribution in [0.15, 0.2) is 48.7 Å². The summed E-state index contributed by atoms with van der Waals surface area (Å²) >= 11 is 0. The summed E-state index contributed by atoms with van der Waals surface area (Å²) in [6.07, 6.45) is 3.27. The van der Waals surface area contributed by atoms with Crippen molar-refractivity contribution in [3.63, 3.8) is 0 Å². The van der Waals surface area contributed by atoms with E-state index in [1.165, 1.54) is 6.92 Å². The number of ether oxygens (including phenoxy) is 1. The molecule has 2 fully saturated rings. The largest absolute Gasteiger partial charge is 0.460 e. The highest BCUT2D eigenvalue weighted by Crippen LogP contribution is 2.54. The van der Waals surface area contributed by atoms with Crippen LogP contribution < -0.4 is 11.1 Å².